The minimum absolute atomic E-state index is 0. The third-order valence-electron chi connectivity index (χ3n) is 9.23. The van der Waals surface area contributed by atoms with E-state index in [4.69, 9.17) is 30.9 Å². The van der Waals surface area contributed by atoms with Gasteiger partial charge >= 0.3 is 11.5 Å². The van der Waals surface area contributed by atoms with E-state index in [-0.39, 0.29) is 69.7 Å². The van der Waals surface area contributed by atoms with Crippen LogP contribution >= 0.6 is 11.6 Å². The molecule has 23 heteroatoms. The number of aliphatic hydroxyl groups is 1. The lowest BCUT2D eigenvalue weighted by atomic mass is 9.91. The predicted molar refractivity (Wildman–Crippen MR) is 202 cm³/mol. The van der Waals surface area contributed by atoms with Crippen LogP contribution in [0.2, 0.25) is 0 Å². The lowest BCUT2D eigenvalue weighted by Gasteiger charge is -2.34. The van der Waals surface area contributed by atoms with E-state index in [1.54, 1.807) is 12.1 Å². The number of pyridine rings is 2. The average Bonchev–Trinajstić information content (AvgIpc) is 4.05. The maximum atomic E-state index is 14.4. The second-order valence-electron chi connectivity index (χ2n) is 14.4. The zero-order chi connectivity index (χ0) is 41.7. The van der Waals surface area contributed by atoms with Crippen LogP contribution in [0.5, 0.6) is 11.8 Å². The van der Waals surface area contributed by atoms with Gasteiger partial charge in [0.25, 0.3) is 11.8 Å². The topological polar surface area (TPSA) is 160 Å². The zero-order valence-electron chi connectivity index (χ0n) is 30.3. The van der Waals surface area contributed by atoms with Crippen molar-refractivity contribution in [3.8, 4) is 34.3 Å². The van der Waals surface area contributed by atoms with Crippen molar-refractivity contribution in [2.45, 2.75) is 114 Å². The van der Waals surface area contributed by atoms with Crippen LogP contribution in [0, 0.1) is 0 Å². The summed E-state index contributed by atoms with van der Waals surface area (Å²) in [4.78, 5) is 16.4. The Bertz CT molecular complexity index is 2410. The summed E-state index contributed by atoms with van der Waals surface area (Å²) in [5, 5.41) is 18.7. The normalized spacial score (nSPS) is 18.3. The predicted octanol–water partition coefficient (Wildman–Crippen LogP) is 8.66. The molecule has 6 aromatic heterocycles. The number of halogens is 9. The van der Waals surface area contributed by atoms with E-state index in [1.165, 1.54) is 49.3 Å². The van der Waals surface area contributed by atoms with E-state index in [1.807, 2.05) is 0 Å². The van der Waals surface area contributed by atoms with Crippen molar-refractivity contribution >= 4 is 22.9 Å². The Kier molecular flexibility index (Phi) is 12.7. The van der Waals surface area contributed by atoms with Crippen molar-refractivity contribution in [1.82, 2.24) is 49.1 Å². The maximum absolute atomic E-state index is 14.4. The van der Waals surface area contributed by atoms with Crippen LogP contribution in [0.3, 0.4) is 0 Å². The highest BCUT2D eigenvalue weighted by Gasteiger charge is 2.48. The van der Waals surface area contributed by atoms with Gasteiger partial charge < -0.3 is 19.3 Å². The highest BCUT2D eigenvalue weighted by Crippen LogP contribution is 2.41. The molecule has 0 spiro atoms. The van der Waals surface area contributed by atoms with Gasteiger partial charge in [-0.2, -0.15) is 17.6 Å². The number of aliphatic hydroxyl groups excluding tert-OH is 1. The zero-order valence-corrected chi connectivity index (χ0v) is 31.0. The van der Waals surface area contributed by atoms with Gasteiger partial charge in [-0.05, 0) is 49.4 Å². The van der Waals surface area contributed by atoms with Crippen LogP contribution in [-0.4, -0.2) is 90.5 Å². The Morgan fingerprint density at radius 3 is 1.39 bits per heavy atom. The quantitative estimate of drug-likeness (QED) is 0.103. The Morgan fingerprint density at radius 2 is 1.03 bits per heavy atom. The van der Waals surface area contributed by atoms with Crippen molar-refractivity contribution in [2.24, 2.45) is 0 Å². The van der Waals surface area contributed by atoms with E-state index < -0.39 is 53.3 Å². The summed E-state index contributed by atoms with van der Waals surface area (Å²) in [7, 11) is 0. The first-order valence-corrected chi connectivity index (χ1v) is 18.5. The molecule has 6 aromatic rings. The molecule has 0 amide bonds. The molecule has 0 bridgehead atoms. The van der Waals surface area contributed by atoms with Crippen LogP contribution in [-0.2, 0) is 16.2 Å². The number of hydrogen-bond acceptors (Lipinski definition) is 12. The van der Waals surface area contributed by atoms with E-state index in [2.05, 4.69) is 40.3 Å². The molecule has 61 heavy (non-hydrogen) atoms. The molecule has 10 rings (SSSR count). The van der Waals surface area contributed by atoms with Crippen molar-refractivity contribution in [3.05, 3.63) is 73.1 Å². The van der Waals surface area contributed by atoms with Gasteiger partial charge in [0.2, 0.25) is 23.4 Å². The van der Waals surface area contributed by atoms with Gasteiger partial charge in [-0.3, -0.25) is 18.8 Å². The van der Waals surface area contributed by atoms with Crippen molar-refractivity contribution in [3.63, 3.8) is 0 Å². The summed E-state index contributed by atoms with van der Waals surface area (Å²) in [5.74, 6) is -6.28. The summed E-state index contributed by atoms with van der Waals surface area (Å²) in [6, 6.07) is 6.24. The first kappa shape index (κ1) is 45.2. The van der Waals surface area contributed by atoms with Gasteiger partial charge in [0, 0.05) is 73.7 Å². The molecule has 328 valence electrons. The Labute approximate surface area is 347 Å². The van der Waals surface area contributed by atoms with Gasteiger partial charge in [0.15, 0.2) is 11.3 Å². The van der Waals surface area contributed by atoms with E-state index in [9.17, 15) is 35.1 Å². The monoisotopic (exact) mass is 886 g/mol. The highest BCUT2D eigenvalue weighted by molar-refractivity contribution is 6.21. The number of fused-ring (bicyclic) bond motifs is 2. The molecule has 0 aromatic carbocycles. The fourth-order valence-corrected chi connectivity index (χ4v) is 5.87. The van der Waals surface area contributed by atoms with E-state index in [0.717, 1.165) is 21.6 Å². The second kappa shape index (κ2) is 17.2. The number of nitrogens with zero attached hydrogens (tertiary/aromatic N) is 10. The molecule has 6 heterocycles. The summed E-state index contributed by atoms with van der Waals surface area (Å²) >= 11 is 5.03. The van der Waals surface area contributed by atoms with Crippen molar-refractivity contribution in [2.75, 3.05) is 0 Å². The number of aromatic nitrogens is 10. The fraction of sp³-hybridized carbons (Fsp3) is 0.474. The summed E-state index contributed by atoms with van der Waals surface area (Å²) < 4.78 is 125. The fourth-order valence-electron chi connectivity index (χ4n) is 5.74. The second-order valence-corrected chi connectivity index (χ2v) is 14.9. The van der Waals surface area contributed by atoms with Crippen LogP contribution in [0.1, 0.15) is 77.9 Å². The Morgan fingerprint density at radius 1 is 0.607 bits per heavy atom. The van der Waals surface area contributed by atoms with Gasteiger partial charge in [0.05, 0.1) is 36.0 Å². The molecule has 4 saturated carbocycles. The van der Waals surface area contributed by atoms with Crippen molar-refractivity contribution < 1.29 is 54.4 Å². The first-order valence-electron chi connectivity index (χ1n) is 18.1. The molecular weight excluding hydrogens is 848 g/mol. The van der Waals surface area contributed by atoms with E-state index >= 15 is 0 Å². The molecule has 4 fully saturated rings. The average molecular weight is 887 g/mol. The molecule has 1 N–H and O–H groups in total. The van der Waals surface area contributed by atoms with Crippen LogP contribution in [0.4, 0.5) is 35.1 Å². The minimum atomic E-state index is -3.68. The molecule has 0 radical (unpaired) electrons. The third kappa shape index (κ3) is 10.9. The van der Waals surface area contributed by atoms with Crippen LogP contribution < -0.4 is 9.47 Å². The number of rotatable bonds is 10. The largest absolute Gasteiger partial charge is 0.474 e. The lowest BCUT2D eigenvalue weighted by molar-refractivity contribution is -0.261. The first-order chi connectivity index (χ1) is 27.9. The van der Waals surface area contributed by atoms with Crippen molar-refractivity contribution in [1.29, 1.82) is 0 Å². The smallest absolute Gasteiger partial charge is 0.418 e. The third-order valence-corrected chi connectivity index (χ3v) is 9.40. The Balaban J connectivity index is 0.000000182. The minimum Gasteiger partial charge on any atom is -0.474 e. The molecule has 0 unspecified atom stereocenters. The summed E-state index contributed by atoms with van der Waals surface area (Å²) in [6.45, 7) is 0. The molecule has 0 saturated heterocycles. The van der Waals surface area contributed by atoms with Crippen LogP contribution in [0.15, 0.2) is 61.4 Å². The standard InChI is InChI=1S/C18H15F4N5O2.C15H10ClF4N5O.C3H6O.2CH4/c19-17(20)5-12(6-17)28-15-4-1-10(7-24-15)13-9-27-14(8-23-13)25-26-16(27)18(21,22)29-11-2-3-11;16-15(19,20)13-24-23-11-6-21-10(7-25(11)13)8-1-2-12(22-5-8)26-9-3-14(17,18)4-9;4-3-1-2-3;;/h1,4,7-9,11-12H,2-3,5-6H2;1-2,5-7,9H,3-4H2;3-4H,1-2H2;2*1H4. The van der Waals surface area contributed by atoms with Gasteiger partial charge in [0.1, 0.15) is 12.2 Å². The molecular formula is C38H39ClF8N10O4. The summed E-state index contributed by atoms with van der Waals surface area (Å²) in [5.41, 5.74) is 1.99. The van der Waals surface area contributed by atoms with Gasteiger partial charge in [-0.25, -0.2) is 27.5 Å². The van der Waals surface area contributed by atoms with Gasteiger partial charge in [-0.15, -0.1) is 20.4 Å². The highest BCUT2D eigenvalue weighted by atomic mass is 35.5. The molecule has 14 nitrogen and oxygen atoms in total. The molecule has 4 aliphatic rings. The summed E-state index contributed by atoms with van der Waals surface area (Å²) in [6.07, 6.45) is 4.97. The molecule has 0 atom stereocenters. The number of hydrogen-bond donors (Lipinski definition) is 1. The molecule has 0 aliphatic heterocycles. The lowest BCUT2D eigenvalue weighted by Crippen LogP contribution is -2.43. The van der Waals surface area contributed by atoms with Crippen LogP contribution in [0.25, 0.3) is 33.8 Å². The number of alkyl halides is 9. The van der Waals surface area contributed by atoms with Gasteiger partial charge in [-0.1, -0.05) is 14.9 Å². The molecule has 4 aliphatic carbocycles. The maximum Gasteiger partial charge on any atom is 0.418 e. The Hall–Kier alpha value is -5.35. The number of ether oxygens (including phenoxy) is 3. The van der Waals surface area contributed by atoms with E-state index in [0.29, 0.717) is 35.4 Å². The SMILES string of the molecule is C.C.FC1(F)CC(Oc2ccc(-c3cn4c(C(F)(F)Cl)nnc4cn3)cn2)C1.FC1(F)CC(Oc2ccc(-c3cn4c(C(F)(F)OC5CC5)nnc4cn3)cn2)C1.OC1CC1.